The Morgan fingerprint density at radius 1 is 1.01 bits per heavy atom. The van der Waals surface area contributed by atoms with Crippen LogP contribution in [0.25, 0.3) is 11.0 Å². The topological polar surface area (TPSA) is 132 Å². The molecule has 0 bridgehead atoms. The molecule has 1 saturated carbocycles. The summed E-state index contributed by atoms with van der Waals surface area (Å²) in [5.41, 5.74) is 1.73. The zero-order valence-electron chi connectivity index (χ0n) is 37.5. The van der Waals surface area contributed by atoms with Crippen LogP contribution in [0, 0.1) is 21.3 Å². The summed E-state index contributed by atoms with van der Waals surface area (Å²) in [4.78, 5) is 39.0. The maximum absolute atomic E-state index is 16.3. The van der Waals surface area contributed by atoms with Crippen LogP contribution >= 0.6 is 11.9 Å². The number of rotatable bonds is 14. The molecule has 67 heavy (non-hydrogen) atoms. The van der Waals surface area contributed by atoms with Gasteiger partial charge in [-0.1, -0.05) is 38.1 Å². The van der Waals surface area contributed by atoms with Gasteiger partial charge in [-0.3, -0.25) is 29.4 Å². The van der Waals surface area contributed by atoms with Crippen LogP contribution in [0.15, 0.2) is 84.0 Å². The van der Waals surface area contributed by atoms with E-state index < -0.39 is 40.7 Å². The van der Waals surface area contributed by atoms with Crippen molar-refractivity contribution in [1.82, 2.24) is 24.5 Å². The van der Waals surface area contributed by atoms with E-state index >= 15 is 8.78 Å². The first-order chi connectivity index (χ1) is 32.0. The van der Waals surface area contributed by atoms with Gasteiger partial charge in [-0.2, -0.15) is 13.2 Å². The molecule has 9 rings (SSSR count). The molecule has 5 aromatic rings. The number of nitro groups is 1. The first-order valence-electron chi connectivity index (χ1n) is 23.1. The number of alkyl halides is 4. The number of anilines is 2. The summed E-state index contributed by atoms with van der Waals surface area (Å²) in [6.07, 6.45) is 5.00. The average Bonchev–Trinajstić information content (AvgIpc) is 3.98. The van der Waals surface area contributed by atoms with Gasteiger partial charge < -0.3 is 19.9 Å². The highest BCUT2D eigenvalue weighted by Crippen LogP contribution is 2.54. The van der Waals surface area contributed by atoms with E-state index in [2.05, 4.69) is 63.0 Å². The summed E-state index contributed by atoms with van der Waals surface area (Å²) in [6.45, 7) is 5.29. The average molecular weight is 947 g/mol. The maximum Gasteiger partial charge on any atom is 0.401 e. The third-order valence-electron chi connectivity index (χ3n) is 14.3. The number of carbonyl (C=O) groups is 1. The summed E-state index contributed by atoms with van der Waals surface area (Å²) in [6, 6.07) is 20.2. The van der Waals surface area contributed by atoms with E-state index in [1.165, 1.54) is 48.4 Å². The Hall–Kier alpha value is -5.46. The number of aromatic amines is 1. The number of carbonyl (C=O) groups excluding carboxylic acids is 1. The van der Waals surface area contributed by atoms with E-state index in [4.69, 9.17) is 4.74 Å². The fourth-order valence-corrected chi connectivity index (χ4v) is 11.3. The molecule has 1 atom stereocenters. The lowest BCUT2D eigenvalue weighted by Gasteiger charge is -2.56. The molecule has 3 aliphatic heterocycles. The number of hydrogen-bond acceptors (Lipinski definition) is 10. The Morgan fingerprint density at radius 2 is 1.78 bits per heavy atom. The van der Waals surface area contributed by atoms with Gasteiger partial charge in [-0.15, -0.1) is 0 Å². The molecule has 1 amide bonds. The van der Waals surface area contributed by atoms with Crippen LogP contribution in [-0.2, 0) is 0 Å². The Morgan fingerprint density at radius 3 is 2.51 bits per heavy atom. The number of pyridine rings is 1. The zero-order valence-corrected chi connectivity index (χ0v) is 38.3. The first-order valence-corrected chi connectivity index (χ1v) is 23.9. The number of amides is 1. The summed E-state index contributed by atoms with van der Waals surface area (Å²) in [5, 5.41) is 15.7. The van der Waals surface area contributed by atoms with Gasteiger partial charge in [0.1, 0.15) is 34.3 Å². The third kappa shape index (κ3) is 10.4. The second-order valence-electron chi connectivity index (χ2n) is 19.1. The van der Waals surface area contributed by atoms with E-state index in [9.17, 15) is 28.1 Å². The van der Waals surface area contributed by atoms with Crippen molar-refractivity contribution in [2.24, 2.45) is 5.41 Å². The van der Waals surface area contributed by atoms with Gasteiger partial charge in [0.15, 0.2) is 0 Å². The summed E-state index contributed by atoms with van der Waals surface area (Å²) in [7, 11) is 0. The largest absolute Gasteiger partial charge is 0.455 e. The van der Waals surface area contributed by atoms with Gasteiger partial charge in [0.2, 0.25) is 0 Å². The normalized spacial score (nSPS) is 20.1. The first kappa shape index (κ1) is 46.6. The molecule has 3 aromatic carbocycles. The molecule has 2 aromatic heterocycles. The number of nitrogens with one attached hydrogen (secondary N) is 3. The second-order valence-corrected chi connectivity index (χ2v) is 20.0. The summed E-state index contributed by atoms with van der Waals surface area (Å²) >= 11 is 0.777. The minimum atomic E-state index is -4.39. The van der Waals surface area contributed by atoms with E-state index in [-0.39, 0.29) is 59.8 Å². The molecular weight excluding hydrogens is 892 g/mol. The molecule has 18 heteroatoms. The molecule has 3 N–H and O–H groups in total. The molecule has 0 radical (unpaired) electrons. The highest BCUT2D eigenvalue weighted by Gasteiger charge is 2.50. The second kappa shape index (κ2) is 18.9. The van der Waals surface area contributed by atoms with Crippen molar-refractivity contribution in [2.75, 3.05) is 56.0 Å². The number of nitrogens with zero attached hydrogens (tertiary/aromatic N) is 5. The molecule has 5 heterocycles. The monoisotopic (exact) mass is 946 g/mol. The quantitative estimate of drug-likeness (QED) is 0.0428. The fourth-order valence-electron chi connectivity index (χ4n) is 10.7. The van der Waals surface area contributed by atoms with Crippen molar-refractivity contribution in [3.63, 3.8) is 0 Å². The van der Waals surface area contributed by atoms with Crippen LogP contribution < -0.4 is 19.7 Å². The number of halogens is 5. The van der Waals surface area contributed by atoms with E-state index in [1.54, 1.807) is 18.3 Å². The van der Waals surface area contributed by atoms with E-state index in [1.807, 2.05) is 11.0 Å². The predicted octanol–water partition coefficient (Wildman–Crippen LogP) is 11.3. The molecular formula is C49H55F5N8O4S. The van der Waals surface area contributed by atoms with Crippen molar-refractivity contribution in [1.29, 1.82) is 0 Å². The standard InChI is InChI=1S/C49H55F5N8O4S/c1-31(2)36-6-3-4-7-37(36)41-8-5-17-61(41)33-26-47(27-33)12-20-60(21-13-47)42-25-44(66-34-22-32-11-16-55-45(32)56-28-34)38(24-39(42)50)46(63)58-67-35-9-10-40(43(23-35)62(64)65)57-29-48(51)14-18-59(19-15-48)30-49(52,53)54/h3-4,6-7,9-11,16,22-25,28,31,33,41,57H,5,8,12-15,17-21,26-27,29-30H2,1-2H3,(H,55,56)(H,58,63). The Bertz CT molecular complexity index is 2600. The minimum absolute atomic E-state index is 0.0148. The Labute approximate surface area is 390 Å². The van der Waals surface area contributed by atoms with Crippen LogP contribution in [0.1, 0.15) is 98.7 Å². The van der Waals surface area contributed by atoms with Gasteiger partial charge in [0.05, 0.1) is 28.9 Å². The van der Waals surface area contributed by atoms with Crippen LogP contribution in [-0.4, -0.2) is 94.3 Å². The molecule has 4 aliphatic rings. The number of likely N-dealkylation sites (tertiary alicyclic amines) is 2. The van der Waals surface area contributed by atoms with Crippen molar-refractivity contribution in [2.45, 2.75) is 100.0 Å². The maximum atomic E-state index is 16.3. The highest BCUT2D eigenvalue weighted by atomic mass is 32.2. The number of ether oxygens (including phenoxy) is 1. The predicted molar refractivity (Wildman–Crippen MR) is 249 cm³/mol. The summed E-state index contributed by atoms with van der Waals surface area (Å²) < 4.78 is 79.4. The molecule has 1 spiro atoms. The zero-order chi connectivity index (χ0) is 47.1. The van der Waals surface area contributed by atoms with Crippen molar-refractivity contribution >= 4 is 46.0 Å². The molecule has 12 nitrogen and oxygen atoms in total. The van der Waals surface area contributed by atoms with Gasteiger partial charge in [-0.25, -0.2) is 13.8 Å². The number of aromatic nitrogens is 2. The number of nitro benzene ring substituents is 1. The Kier molecular flexibility index (Phi) is 13.2. The highest BCUT2D eigenvalue weighted by molar-refractivity contribution is 7.98. The number of H-pyrrole nitrogens is 1. The third-order valence-corrected chi connectivity index (χ3v) is 15.1. The number of benzene rings is 3. The van der Waals surface area contributed by atoms with Gasteiger partial charge in [0, 0.05) is 73.4 Å². The lowest BCUT2D eigenvalue weighted by molar-refractivity contribution is -0.384. The Balaban J connectivity index is 0.867. The molecule has 3 saturated heterocycles. The van der Waals surface area contributed by atoms with Gasteiger partial charge >= 0.3 is 6.18 Å². The van der Waals surface area contributed by atoms with Crippen molar-refractivity contribution in [3.05, 3.63) is 112 Å². The smallest absolute Gasteiger partial charge is 0.401 e. The number of hydrogen-bond donors (Lipinski definition) is 3. The van der Waals surface area contributed by atoms with Gasteiger partial charge in [-0.05, 0) is 123 Å². The van der Waals surface area contributed by atoms with Crippen molar-refractivity contribution < 1.29 is 36.4 Å². The molecule has 356 valence electrons. The lowest BCUT2D eigenvalue weighted by Crippen LogP contribution is -2.55. The SMILES string of the molecule is CC(C)c1ccccc1C1CCCN1C1CC2(CCN(c3cc(Oc4cnc5[nH]ccc5c4)c(C(=O)NSc4ccc(NCC5(F)CCN(CC(F)(F)F)CC5)c([N+](=O)[O-])c4)cc3F)CC2)C1. The minimum Gasteiger partial charge on any atom is -0.455 e. The van der Waals surface area contributed by atoms with E-state index in [0.717, 1.165) is 60.5 Å². The molecule has 4 fully saturated rings. The lowest BCUT2D eigenvalue weighted by atomic mass is 9.59. The van der Waals surface area contributed by atoms with Crippen LogP contribution in [0.2, 0.25) is 0 Å². The molecule has 1 unspecified atom stereocenters. The van der Waals surface area contributed by atoms with Crippen molar-refractivity contribution in [3.8, 4) is 11.5 Å². The van der Waals surface area contributed by atoms with E-state index in [0.29, 0.717) is 48.2 Å². The van der Waals surface area contributed by atoms with Crippen LogP contribution in [0.5, 0.6) is 11.5 Å². The fraction of sp³-hybridized carbons (Fsp3) is 0.469. The molecule has 1 aliphatic carbocycles. The number of fused-ring (bicyclic) bond motifs is 1. The van der Waals surface area contributed by atoms with Crippen LogP contribution in [0.3, 0.4) is 0 Å². The summed E-state index contributed by atoms with van der Waals surface area (Å²) in [5.74, 6) is -0.396. The number of piperidine rings is 2. The van der Waals surface area contributed by atoms with Gasteiger partial charge in [0.25, 0.3) is 11.6 Å². The van der Waals surface area contributed by atoms with Crippen LogP contribution in [0.4, 0.5) is 39.0 Å².